The normalized spacial score (nSPS) is 11.2. The summed E-state index contributed by atoms with van der Waals surface area (Å²) in [6, 6.07) is 15.9. The number of hydrogen-bond acceptors (Lipinski definition) is 5. The number of benzene rings is 2. The summed E-state index contributed by atoms with van der Waals surface area (Å²) in [5, 5.41) is 19.0. The molecule has 26 heavy (non-hydrogen) atoms. The Morgan fingerprint density at radius 1 is 1.04 bits per heavy atom. The van der Waals surface area contributed by atoms with Gasteiger partial charge in [-0.15, -0.1) is 5.10 Å². The van der Waals surface area contributed by atoms with Crippen LogP contribution in [0.4, 0.5) is 11.6 Å². The van der Waals surface area contributed by atoms with E-state index in [0.29, 0.717) is 12.1 Å². The Labute approximate surface area is 152 Å². The lowest BCUT2D eigenvalue weighted by Crippen LogP contribution is -2.13. The molecule has 1 amide bonds. The predicted octanol–water partition coefficient (Wildman–Crippen LogP) is 3.36. The van der Waals surface area contributed by atoms with Crippen molar-refractivity contribution in [3.63, 3.8) is 0 Å². The van der Waals surface area contributed by atoms with Gasteiger partial charge < -0.3 is 5.32 Å². The zero-order valence-electron chi connectivity index (χ0n) is 15.1. The SMILES string of the molecule is CC(C)(C)c1ccc(NCc2ccc(C(=O)Nc3nn[nH]n3)cc2)cc1. The molecule has 3 N–H and O–H groups in total. The third-order valence-electron chi connectivity index (χ3n) is 4.03. The van der Waals surface area contributed by atoms with Crippen LogP contribution in [0, 0.1) is 0 Å². The fourth-order valence-corrected chi connectivity index (χ4v) is 2.45. The highest BCUT2D eigenvalue weighted by Gasteiger charge is 2.12. The Bertz CT molecular complexity index is 849. The van der Waals surface area contributed by atoms with Crippen LogP contribution in [0.25, 0.3) is 0 Å². The number of nitrogens with one attached hydrogen (secondary N) is 3. The smallest absolute Gasteiger partial charge is 0.270 e. The number of anilines is 2. The van der Waals surface area contributed by atoms with Gasteiger partial charge in [-0.25, -0.2) is 0 Å². The molecule has 0 saturated heterocycles. The highest BCUT2D eigenvalue weighted by atomic mass is 16.1. The molecule has 0 unspecified atom stereocenters. The molecule has 0 atom stereocenters. The van der Waals surface area contributed by atoms with E-state index in [0.717, 1.165) is 11.3 Å². The Balaban J connectivity index is 1.56. The van der Waals surface area contributed by atoms with E-state index in [1.54, 1.807) is 12.1 Å². The maximum atomic E-state index is 12.1. The second-order valence-electron chi connectivity index (χ2n) is 7.07. The average Bonchev–Trinajstić information content (AvgIpc) is 3.13. The van der Waals surface area contributed by atoms with E-state index in [1.807, 2.05) is 12.1 Å². The van der Waals surface area contributed by atoms with Crippen molar-refractivity contribution in [2.45, 2.75) is 32.7 Å². The largest absolute Gasteiger partial charge is 0.381 e. The van der Waals surface area contributed by atoms with E-state index in [1.165, 1.54) is 5.56 Å². The second-order valence-corrected chi connectivity index (χ2v) is 7.07. The zero-order valence-corrected chi connectivity index (χ0v) is 15.1. The number of aromatic nitrogens is 4. The number of amides is 1. The molecule has 7 heteroatoms. The lowest BCUT2D eigenvalue weighted by molar-refractivity contribution is 0.102. The Morgan fingerprint density at radius 3 is 2.31 bits per heavy atom. The second kappa shape index (κ2) is 7.35. The van der Waals surface area contributed by atoms with Crippen LogP contribution < -0.4 is 10.6 Å². The molecular formula is C19H22N6O. The number of aromatic amines is 1. The number of carbonyl (C=O) groups is 1. The molecule has 0 bridgehead atoms. The van der Waals surface area contributed by atoms with Crippen molar-refractivity contribution in [1.82, 2.24) is 20.6 Å². The van der Waals surface area contributed by atoms with E-state index in [4.69, 9.17) is 0 Å². The van der Waals surface area contributed by atoms with Crippen LogP contribution in [0.1, 0.15) is 42.3 Å². The Kier molecular flexibility index (Phi) is 4.97. The maximum absolute atomic E-state index is 12.1. The van der Waals surface area contributed by atoms with Gasteiger partial charge in [-0.05, 0) is 46.0 Å². The van der Waals surface area contributed by atoms with E-state index in [2.05, 4.69) is 76.3 Å². The van der Waals surface area contributed by atoms with Gasteiger partial charge in [0.25, 0.3) is 11.9 Å². The third-order valence-corrected chi connectivity index (χ3v) is 4.03. The third kappa shape index (κ3) is 4.44. The number of carbonyl (C=O) groups excluding carboxylic acids is 1. The topological polar surface area (TPSA) is 95.6 Å². The molecular weight excluding hydrogens is 328 g/mol. The molecule has 134 valence electrons. The summed E-state index contributed by atoms with van der Waals surface area (Å²) in [5.74, 6) is -0.122. The molecule has 0 saturated carbocycles. The Hall–Kier alpha value is -3.22. The van der Waals surface area contributed by atoms with E-state index < -0.39 is 0 Å². The first-order valence-corrected chi connectivity index (χ1v) is 8.40. The van der Waals surface area contributed by atoms with Crippen molar-refractivity contribution >= 4 is 17.5 Å². The average molecular weight is 350 g/mol. The minimum Gasteiger partial charge on any atom is -0.381 e. The van der Waals surface area contributed by atoms with Crippen molar-refractivity contribution in [1.29, 1.82) is 0 Å². The first kappa shape index (κ1) is 17.6. The first-order chi connectivity index (χ1) is 12.4. The molecule has 0 fully saturated rings. The quantitative estimate of drug-likeness (QED) is 0.656. The molecule has 1 aromatic heterocycles. The maximum Gasteiger partial charge on any atom is 0.270 e. The molecule has 0 aliphatic carbocycles. The molecule has 1 heterocycles. The molecule has 3 aromatic rings. The summed E-state index contributed by atoms with van der Waals surface area (Å²) < 4.78 is 0. The first-order valence-electron chi connectivity index (χ1n) is 8.40. The van der Waals surface area contributed by atoms with Crippen LogP contribution in [0.15, 0.2) is 48.5 Å². The van der Waals surface area contributed by atoms with Gasteiger partial charge in [0.2, 0.25) is 0 Å². The van der Waals surface area contributed by atoms with Crippen molar-refractivity contribution in [3.8, 4) is 0 Å². The minimum absolute atomic E-state index is 0.149. The summed E-state index contributed by atoms with van der Waals surface area (Å²) in [5.41, 5.74) is 4.14. The van der Waals surface area contributed by atoms with Gasteiger partial charge >= 0.3 is 0 Å². The minimum atomic E-state index is -0.274. The lowest BCUT2D eigenvalue weighted by atomic mass is 9.87. The predicted molar refractivity (Wildman–Crippen MR) is 101 cm³/mol. The highest BCUT2D eigenvalue weighted by molar-refractivity contribution is 6.03. The van der Waals surface area contributed by atoms with Crippen LogP contribution in [-0.2, 0) is 12.0 Å². The summed E-state index contributed by atoms with van der Waals surface area (Å²) in [4.78, 5) is 12.1. The van der Waals surface area contributed by atoms with E-state index in [9.17, 15) is 4.79 Å². The molecule has 0 aliphatic heterocycles. The van der Waals surface area contributed by atoms with Gasteiger partial charge in [0.15, 0.2) is 0 Å². The van der Waals surface area contributed by atoms with Crippen molar-refractivity contribution in [3.05, 3.63) is 65.2 Å². The number of rotatable bonds is 5. The zero-order chi connectivity index (χ0) is 18.6. The van der Waals surface area contributed by atoms with Crippen molar-refractivity contribution in [2.24, 2.45) is 0 Å². The number of hydrogen-bond donors (Lipinski definition) is 3. The van der Waals surface area contributed by atoms with Crippen LogP contribution in [-0.4, -0.2) is 26.5 Å². The van der Waals surface area contributed by atoms with Crippen molar-refractivity contribution < 1.29 is 4.79 Å². The fourth-order valence-electron chi connectivity index (χ4n) is 2.45. The van der Waals surface area contributed by atoms with Crippen LogP contribution in [0.3, 0.4) is 0 Å². The molecule has 2 aromatic carbocycles. The Morgan fingerprint density at radius 2 is 1.73 bits per heavy atom. The standard InChI is InChI=1S/C19H22N6O/c1-19(2,3)15-8-10-16(11-9-15)20-12-13-4-6-14(7-5-13)17(26)21-18-22-24-25-23-18/h4-11,20H,12H2,1-3H3,(H2,21,22,23,24,25,26). The van der Waals surface area contributed by atoms with E-state index >= 15 is 0 Å². The van der Waals surface area contributed by atoms with Gasteiger partial charge in [0.1, 0.15) is 0 Å². The summed E-state index contributed by atoms with van der Waals surface area (Å²) >= 11 is 0. The van der Waals surface area contributed by atoms with Gasteiger partial charge in [-0.2, -0.15) is 5.21 Å². The lowest BCUT2D eigenvalue weighted by Gasteiger charge is -2.19. The highest BCUT2D eigenvalue weighted by Crippen LogP contribution is 2.23. The van der Waals surface area contributed by atoms with Crippen LogP contribution in [0.5, 0.6) is 0 Å². The van der Waals surface area contributed by atoms with Gasteiger partial charge in [0.05, 0.1) is 0 Å². The van der Waals surface area contributed by atoms with Gasteiger partial charge in [0, 0.05) is 17.8 Å². The van der Waals surface area contributed by atoms with Gasteiger partial charge in [-0.1, -0.05) is 50.1 Å². The molecule has 0 radical (unpaired) electrons. The van der Waals surface area contributed by atoms with Crippen molar-refractivity contribution in [2.75, 3.05) is 10.6 Å². The van der Waals surface area contributed by atoms with Gasteiger partial charge in [-0.3, -0.25) is 10.1 Å². The summed E-state index contributed by atoms with van der Waals surface area (Å²) in [6.07, 6.45) is 0. The summed E-state index contributed by atoms with van der Waals surface area (Å²) in [7, 11) is 0. The molecule has 0 aliphatic rings. The monoisotopic (exact) mass is 350 g/mol. The van der Waals surface area contributed by atoms with Crippen LogP contribution >= 0.6 is 0 Å². The molecule has 0 spiro atoms. The fraction of sp³-hybridized carbons (Fsp3) is 0.263. The van der Waals surface area contributed by atoms with Crippen LogP contribution in [0.2, 0.25) is 0 Å². The number of tetrazole rings is 1. The van der Waals surface area contributed by atoms with E-state index in [-0.39, 0.29) is 17.3 Å². The summed E-state index contributed by atoms with van der Waals surface area (Å²) in [6.45, 7) is 7.28. The molecule has 3 rings (SSSR count). The number of H-pyrrole nitrogens is 1. The molecule has 7 nitrogen and oxygen atoms in total. The number of nitrogens with zero attached hydrogens (tertiary/aromatic N) is 3.